The first-order valence-corrected chi connectivity index (χ1v) is 7.60. The molecule has 5 nitrogen and oxygen atoms in total. The van der Waals surface area contributed by atoms with Crippen molar-refractivity contribution in [2.45, 2.75) is 19.8 Å². The van der Waals surface area contributed by atoms with E-state index in [9.17, 15) is 4.79 Å². The van der Waals surface area contributed by atoms with E-state index >= 15 is 0 Å². The van der Waals surface area contributed by atoms with Gasteiger partial charge in [0.25, 0.3) is 0 Å². The van der Waals surface area contributed by atoms with E-state index in [-0.39, 0.29) is 11.9 Å². The number of rotatable bonds is 4. The highest BCUT2D eigenvalue weighted by molar-refractivity contribution is 6.14. The molecule has 0 saturated heterocycles. The Morgan fingerprint density at radius 2 is 1.96 bits per heavy atom. The fraction of sp³-hybridized carbons (Fsp3) is 0.278. The maximum absolute atomic E-state index is 12.5. The first-order valence-electron chi connectivity index (χ1n) is 7.60. The lowest BCUT2D eigenvalue weighted by Crippen LogP contribution is -2.37. The predicted octanol–water partition coefficient (Wildman–Crippen LogP) is 3.42. The molecule has 2 unspecified atom stereocenters. The lowest BCUT2D eigenvalue weighted by atomic mass is 9.78. The Bertz CT molecular complexity index is 733. The average molecular weight is 310 g/mol. The zero-order valence-corrected chi connectivity index (χ0v) is 13.1. The lowest BCUT2D eigenvalue weighted by Gasteiger charge is -2.28. The molecule has 0 N–H and O–H groups in total. The molecule has 0 bridgehead atoms. The molecule has 0 radical (unpaired) electrons. The number of carbonyl (C=O) groups excluding carboxylic acids is 1. The molecule has 2 heterocycles. The van der Waals surface area contributed by atoms with Crippen molar-refractivity contribution < 1.29 is 13.9 Å². The summed E-state index contributed by atoms with van der Waals surface area (Å²) in [5, 5.41) is 8.48. The first kappa shape index (κ1) is 15.2. The zero-order valence-electron chi connectivity index (χ0n) is 13.1. The second-order valence-corrected chi connectivity index (χ2v) is 5.32. The van der Waals surface area contributed by atoms with E-state index in [1.54, 1.807) is 26.2 Å². The van der Waals surface area contributed by atoms with Crippen molar-refractivity contribution >= 4 is 17.4 Å². The van der Waals surface area contributed by atoms with Crippen molar-refractivity contribution in [3.8, 4) is 0 Å². The molecule has 2 aromatic rings. The molecule has 0 aliphatic carbocycles. The molecule has 1 aromatic carbocycles. The smallest absolute Gasteiger partial charge is 0.315 e. The van der Waals surface area contributed by atoms with Gasteiger partial charge in [-0.3, -0.25) is 4.79 Å². The fourth-order valence-corrected chi connectivity index (χ4v) is 2.83. The van der Waals surface area contributed by atoms with Crippen molar-refractivity contribution in [1.29, 1.82) is 0 Å². The highest BCUT2D eigenvalue weighted by Gasteiger charge is 2.40. The molecule has 0 amide bonds. The van der Waals surface area contributed by atoms with Gasteiger partial charge in [0.1, 0.15) is 11.6 Å². The van der Waals surface area contributed by atoms with Crippen LogP contribution in [0, 0.1) is 5.92 Å². The number of ether oxygens (including phenoxy) is 1. The van der Waals surface area contributed by atoms with Gasteiger partial charge in [-0.15, -0.1) is 0 Å². The normalized spacial score (nSPS) is 20.6. The molecule has 0 saturated carbocycles. The van der Waals surface area contributed by atoms with Gasteiger partial charge in [-0.25, -0.2) is 0 Å². The third kappa shape index (κ3) is 2.95. The summed E-state index contributed by atoms with van der Waals surface area (Å²) >= 11 is 0. The molecule has 2 atom stereocenters. The molecule has 118 valence electrons. The van der Waals surface area contributed by atoms with Gasteiger partial charge in [0.15, 0.2) is 5.76 Å². The van der Waals surface area contributed by atoms with E-state index in [0.29, 0.717) is 23.8 Å². The van der Waals surface area contributed by atoms with Crippen LogP contribution in [0.25, 0.3) is 0 Å². The molecule has 1 aromatic heterocycles. The number of hydrogen-bond acceptors (Lipinski definition) is 5. The highest BCUT2D eigenvalue weighted by Crippen LogP contribution is 2.34. The summed E-state index contributed by atoms with van der Waals surface area (Å²) in [5.41, 5.74) is 2.27. The van der Waals surface area contributed by atoms with E-state index in [4.69, 9.17) is 9.15 Å². The van der Waals surface area contributed by atoms with Crippen molar-refractivity contribution in [2.24, 2.45) is 16.1 Å². The largest absolute Gasteiger partial charge is 0.465 e. The van der Waals surface area contributed by atoms with Gasteiger partial charge in [0.2, 0.25) is 0 Å². The van der Waals surface area contributed by atoms with Crippen LogP contribution in [0.15, 0.2) is 63.3 Å². The Balaban J connectivity index is 2.10. The van der Waals surface area contributed by atoms with E-state index in [2.05, 4.69) is 10.2 Å². The number of hydrogen-bond donors (Lipinski definition) is 0. The van der Waals surface area contributed by atoms with Crippen LogP contribution in [0.1, 0.15) is 31.1 Å². The minimum Gasteiger partial charge on any atom is -0.465 e. The van der Waals surface area contributed by atoms with Crippen molar-refractivity contribution in [2.75, 3.05) is 6.61 Å². The molecule has 3 rings (SSSR count). The summed E-state index contributed by atoms with van der Waals surface area (Å²) < 4.78 is 10.8. The third-order valence-electron chi connectivity index (χ3n) is 3.87. The third-order valence-corrected chi connectivity index (χ3v) is 3.87. The van der Waals surface area contributed by atoms with E-state index in [1.165, 1.54) is 0 Å². The van der Waals surface area contributed by atoms with Crippen LogP contribution >= 0.6 is 0 Å². The van der Waals surface area contributed by atoms with Crippen LogP contribution in [0.5, 0.6) is 0 Å². The standard InChI is InChI=1S/C18H18N2O3/c1-3-22-18(21)15-12(2)19-20-17(14-10-7-11-23-14)16(15)13-8-5-4-6-9-13/h4-11,15-16H,3H2,1-2H3. The monoisotopic (exact) mass is 310 g/mol. The van der Waals surface area contributed by atoms with Crippen LogP contribution in [0.4, 0.5) is 0 Å². The van der Waals surface area contributed by atoms with E-state index in [0.717, 1.165) is 5.56 Å². The number of nitrogens with zero attached hydrogens (tertiary/aromatic N) is 2. The number of furan rings is 1. The van der Waals surface area contributed by atoms with Crippen LogP contribution in [-0.4, -0.2) is 24.0 Å². The van der Waals surface area contributed by atoms with Gasteiger partial charge in [-0.05, 0) is 31.5 Å². The van der Waals surface area contributed by atoms with Gasteiger partial charge in [-0.1, -0.05) is 30.3 Å². The van der Waals surface area contributed by atoms with Gasteiger partial charge >= 0.3 is 5.97 Å². The Morgan fingerprint density at radius 1 is 1.17 bits per heavy atom. The fourth-order valence-electron chi connectivity index (χ4n) is 2.83. The van der Waals surface area contributed by atoms with Crippen LogP contribution in [0.2, 0.25) is 0 Å². The molecule has 1 aliphatic rings. The highest BCUT2D eigenvalue weighted by atomic mass is 16.5. The van der Waals surface area contributed by atoms with Crippen molar-refractivity contribution in [3.63, 3.8) is 0 Å². The Kier molecular flexibility index (Phi) is 4.37. The summed E-state index contributed by atoms with van der Waals surface area (Å²) in [5.74, 6) is -0.459. The topological polar surface area (TPSA) is 64.2 Å². The number of benzene rings is 1. The second-order valence-electron chi connectivity index (χ2n) is 5.32. The number of esters is 1. The average Bonchev–Trinajstić information content (AvgIpc) is 3.09. The molecular weight excluding hydrogens is 292 g/mol. The maximum Gasteiger partial charge on any atom is 0.315 e. The van der Waals surface area contributed by atoms with Crippen molar-refractivity contribution in [1.82, 2.24) is 0 Å². The maximum atomic E-state index is 12.5. The van der Waals surface area contributed by atoms with Crippen LogP contribution in [0.3, 0.4) is 0 Å². The minimum atomic E-state index is -0.505. The quantitative estimate of drug-likeness (QED) is 0.813. The zero-order chi connectivity index (χ0) is 16.2. The summed E-state index contributed by atoms with van der Waals surface area (Å²) in [6.45, 7) is 3.93. The Morgan fingerprint density at radius 3 is 2.61 bits per heavy atom. The minimum absolute atomic E-state index is 0.279. The van der Waals surface area contributed by atoms with E-state index in [1.807, 2.05) is 36.4 Å². The number of carbonyl (C=O) groups is 1. The SMILES string of the molecule is CCOC(=O)C1C(C)=NN=C(c2ccco2)C1c1ccccc1. The van der Waals surface area contributed by atoms with Gasteiger partial charge in [0.05, 0.1) is 24.5 Å². The lowest BCUT2D eigenvalue weighted by molar-refractivity contribution is -0.145. The van der Waals surface area contributed by atoms with Crippen molar-refractivity contribution in [3.05, 3.63) is 60.1 Å². The summed E-state index contributed by atoms with van der Waals surface area (Å²) in [6.07, 6.45) is 1.59. The molecule has 0 fully saturated rings. The molecule has 1 aliphatic heterocycles. The second kappa shape index (κ2) is 6.60. The first-order chi connectivity index (χ1) is 11.2. The summed E-state index contributed by atoms with van der Waals surface area (Å²) in [6, 6.07) is 13.4. The van der Waals surface area contributed by atoms with Crippen LogP contribution in [-0.2, 0) is 9.53 Å². The molecular formula is C18H18N2O3. The van der Waals surface area contributed by atoms with E-state index < -0.39 is 5.92 Å². The predicted molar refractivity (Wildman–Crippen MR) is 87.7 cm³/mol. The molecule has 0 spiro atoms. The Labute approximate surface area is 134 Å². The molecule has 5 heteroatoms. The Hall–Kier alpha value is -2.69. The van der Waals surface area contributed by atoms with Gasteiger partial charge in [0, 0.05) is 0 Å². The summed E-state index contributed by atoms with van der Waals surface area (Å²) in [7, 11) is 0. The van der Waals surface area contributed by atoms with Gasteiger partial charge in [-0.2, -0.15) is 10.2 Å². The molecule has 23 heavy (non-hydrogen) atoms. The summed E-state index contributed by atoms with van der Waals surface area (Å²) in [4.78, 5) is 12.5. The van der Waals surface area contributed by atoms with Crippen LogP contribution < -0.4 is 0 Å². The van der Waals surface area contributed by atoms with Gasteiger partial charge < -0.3 is 9.15 Å².